The molecule has 2 bridgehead atoms. The van der Waals surface area contributed by atoms with Crippen molar-refractivity contribution in [2.45, 2.75) is 31.9 Å². The van der Waals surface area contributed by atoms with Crippen LogP contribution in [0.25, 0.3) is 10.9 Å². The number of benzene rings is 1. The second-order valence-electron chi connectivity index (χ2n) is 7.72. The number of carbonyl (C=O) groups excluding carboxylic acids is 1. The molecule has 3 saturated heterocycles. The van der Waals surface area contributed by atoms with E-state index in [4.69, 9.17) is 9.47 Å². The maximum absolute atomic E-state index is 12.0. The van der Waals surface area contributed by atoms with Crippen molar-refractivity contribution in [1.82, 2.24) is 4.98 Å². The molecule has 0 saturated carbocycles. The largest absolute Gasteiger partial charge is 0.497 e. The molecule has 2 aromatic rings. The SMILES string of the molecule is C=C[C@H]1C[NH+]2CC[C@@H]1C[C@H]2[C@@H](OC(C)=O)c1ccnc2ccc(OC)cc12. The van der Waals surface area contributed by atoms with Gasteiger partial charge in [0.05, 0.1) is 25.7 Å². The van der Waals surface area contributed by atoms with Crippen LogP contribution in [0.4, 0.5) is 0 Å². The molecule has 4 heterocycles. The number of fused-ring (bicyclic) bond motifs is 4. The smallest absolute Gasteiger partial charge is 0.303 e. The number of methoxy groups -OCH3 is 1. The Kier molecular flexibility index (Phi) is 4.87. The minimum absolute atomic E-state index is 0.241. The van der Waals surface area contributed by atoms with Gasteiger partial charge in [0.2, 0.25) is 0 Å². The first kappa shape index (κ1) is 18.0. The van der Waals surface area contributed by atoms with E-state index in [0.717, 1.165) is 41.7 Å². The van der Waals surface area contributed by atoms with E-state index >= 15 is 0 Å². The van der Waals surface area contributed by atoms with Gasteiger partial charge in [-0.25, -0.2) is 0 Å². The summed E-state index contributed by atoms with van der Waals surface area (Å²) in [6.07, 6.45) is 5.91. The van der Waals surface area contributed by atoms with Crippen molar-refractivity contribution in [1.29, 1.82) is 0 Å². The first-order valence-electron chi connectivity index (χ1n) is 9.67. The molecule has 5 rings (SSSR count). The van der Waals surface area contributed by atoms with Crippen LogP contribution in [0.1, 0.15) is 31.4 Å². The van der Waals surface area contributed by atoms with E-state index in [1.54, 1.807) is 13.3 Å². The van der Waals surface area contributed by atoms with Gasteiger partial charge in [0.1, 0.15) is 11.8 Å². The summed E-state index contributed by atoms with van der Waals surface area (Å²) in [5, 5.41) is 0.991. The summed E-state index contributed by atoms with van der Waals surface area (Å²) >= 11 is 0. The first-order chi connectivity index (χ1) is 13.1. The number of nitrogens with one attached hydrogen (secondary N) is 1. The van der Waals surface area contributed by atoms with Crippen molar-refractivity contribution in [2.24, 2.45) is 11.8 Å². The molecular weight excluding hydrogens is 340 g/mol. The minimum atomic E-state index is -0.274. The fraction of sp³-hybridized carbons (Fsp3) is 0.455. The van der Waals surface area contributed by atoms with Crippen LogP contribution in [0, 0.1) is 11.8 Å². The molecule has 5 atom stereocenters. The van der Waals surface area contributed by atoms with Gasteiger partial charge < -0.3 is 14.4 Å². The third-order valence-corrected chi connectivity index (χ3v) is 6.27. The molecule has 1 aromatic carbocycles. The summed E-state index contributed by atoms with van der Waals surface area (Å²) in [6, 6.07) is 8.11. The summed E-state index contributed by atoms with van der Waals surface area (Å²) in [5.74, 6) is 1.74. The van der Waals surface area contributed by atoms with Crippen molar-refractivity contribution in [3.8, 4) is 5.75 Å². The number of aromatic nitrogens is 1. The van der Waals surface area contributed by atoms with Gasteiger partial charge in [0.25, 0.3) is 0 Å². The number of nitrogens with zero attached hydrogens (tertiary/aromatic N) is 1. The molecule has 5 heteroatoms. The van der Waals surface area contributed by atoms with Crippen molar-refractivity contribution < 1.29 is 19.2 Å². The van der Waals surface area contributed by atoms with E-state index in [2.05, 4.69) is 17.6 Å². The van der Waals surface area contributed by atoms with E-state index in [-0.39, 0.29) is 18.1 Å². The molecule has 1 unspecified atom stereocenters. The number of hydrogen-bond donors (Lipinski definition) is 1. The van der Waals surface area contributed by atoms with Gasteiger partial charge in [-0.1, -0.05) is 6.08 Å². The third-order valence-electron chi connectivity index (χ3n) is 6.27. The zero-order valence-electron chi connectivity index (χ0n) is 16.0. The Morgan fingerprint density at radius 2 is 2.26 bits per heavy atom. The molecule has 0 radical (unpaired) electrons. The van der Waals surface area contributed by atoms with Crippen molar-refractivity contribution >= 4 is 16.9 Å². The lowest BCUT2D eigenvalue weighted by atomic mass is 9.73. The van der Waals surface area contributed by atoms with E-state index in [1.807, 2.05) is 24.3 Å². The lowest BCUT2D eigenvalue weighted by Gasteiger charge is -2.48. The number of pyridine rings is 1. The number of ether oxygens (including phenoxy) is 2. The quantitative estimate of drug-likeness (QED) is 0.651. The summed E-state index contributed by atoms with van der Waals surface area (Å²) in [4.78, 5) is 18.0. The molecule has 3 fully saturated rings. The molecule has 1 N–H and O–H groups in total. The Labute approximate surface area is 160 Å². The van der Waals surface area contributed by atoms with E-state index in [9.17, 15) is 4.79 Å². The first-order valence-corrected chi connectivity index (χ1v) is 9.67. The average molecular weight is 367 g/mol. The Morgan fingerprint density at radius 3 is 2.93 bits per heavy atom. The number of quaternary nitrogens is 1. The Bertz CT molecular complexity index is 866. The maximum Gasteiger partial charge on any atom is 0.303 e. The van der Waals surface area contributed by atoms with Gasteiger partial charge >= 0.3 is 5.97 Å². The lowest BCUT2D eigenvalue weighted by Crippen LogP contribution is -3.20. The van der Waals surface area contributed by atoms with Crippen LogP contribution in [0.2, 0.25) is 0 Å². The van der Waals surface area contributed by atoms with Gasteiger partial charge in [-0.2, -0.15) is 0 Å². The van der Waals surface area contributed by atoms with Crippen LogP contribution in [-0.4, -0.2) is 37.2 Å². The monoisotopic (exact) mass is 367 g/mol. The molecule has 3 aliphatic rings. The van der Waals surface area contributed by atoms with Crippen LogP contribution < -0.4 is 9.64 Å². The standard InChI is InChI=1S/C22H26N2O3/c1-4-15-13-24-10-8-16(15)11-21(24)22(27-14(2)25)18-7-9-23-20-6-5-17(26-3)12-19(18)20/h4-7,9,12,15-16,21-22H,1,8,10-11,13H2,2-3H3/p+1/t15-,16+,21-,22-/m0/s1. The predicted molar refractivity (Wildman–Crippen MR) is 104 cm³/mol. The molecule has 0 spiro atoms. The number of rotatable bonds is 5. The summed E-state index contributed by atoms with van der Waals surface area (Å²) in [5.41, 5.74) is 1.91. The summed E-state index contributed by atoms with van der Waals surface area (Å²) in [6.45, 7) is 7.72. The second-order valence-corrected chi connectivity index (χ2v) is 7.72. The zero-order valence-corrected chi connectivity index (χ0v) is 16.0. The molecule has 1 aromatic heterocycles. The van der Waals surface area contributed by atoms with Crippen LogP contribution in [0.15, 0.2) is 43.1 Å². The highest BCUT2D eigenvalue weighted by Crippen LogP contribution is 2.36. The topological polar surface area (TPSA) is 52.9 Å². The van der Waals surface area contributed by atoms with Gasteiger partial charge in [-0.3, -0.25) is 9.78 Å². The highest BCUT2D eigenvalue weighted by Gasteiger charge is 2.47. The number of esters is 1. The fourth-order valence-corrected chi connectivity index (χ4v) is 4.95. The molecule has 0 amide bonds. The van der Waals surface area contributed by atoms with Crippen molar-refractivity contribution in [3.63, 3.8) is 0 Å². The molecule has 142 valence electrons. The minimum Gasteiger partial charge on any atom is -0.497 e. The van der Waals surface area contributed by atoms with E-state index in [0.29, 0.717) is 11.8 Å². The molecular formula is C22H27N2O3+. The van der Waals surface area contributed by atoms with E-state index in [1.165, 1.54) is 18.2 Å². The molecule has 27 heavy (non-hydrogen) atoms. The second kappa shape index (κ2) is 7.31. The Hall–Kier alpha value is -2.40. The van der Waals surface area contributed by atoms with Crippen LogP contribution in [-0.2, 0) is 9.53 Å². The van der Waals surface area contributed by atoms with Crippen LogP contribution in [0.3, 0.4) is 0 Å². The van der Waals surface area contributed by atoms with Crippen molar-refractivity contribution in [3.05, 3.63) is 48.7 Å². The van der Waals surface area contributed by atoms with Gasteiger partial charge in [-0.05, 0) is 30.2 Å². The molecule has 5 nitrogen and oxygen atoms in total. The lowest BCUT2D eigenvalue weighted by molar-refractivity contribution is -0.949. The summed E-state index contributed by atoms with van der Waals surface area (Å²) < 4.78 is 11.3. The zero-order chi connectivity index (χ0) is 19.0. The Morgan fingerprint density at radius 1 is 1.41 bits per heavy atom. The summed E-state index contributed by atoms with van der Waals surface area (Å²) in [7, 11) is 1.66. The number of hydrogen-bond acceptors (Lipinski definition) is 4. The highest BCUT2D eigenvalue weighted by atomic mass is 16.5. The highest BCUT2D eigenvalue weighted by molar-refractivity contribution is 5.84. The van der Waals surface area contributed by atoms with Crippen LogP contribution >= 0.6 is 0 Å². The predicted octanol–water partition coefficient (Wildman–Crippen LogP) is 2.33. The molecule has 0 aliphatic carbocycles. The fourth-order valence-electron chi connectivity index (χ4n) is 4.95. The van der Waals surface area contributed by atoms with E-state index < -0.39 is 0 Å². The average Bonchev–Trinajstić information content (AvgIpc) is 2.71. The molecule has 3 aliphatic heterocycles. The van der Waals surface area contributed by atoms with Gasteiger partial charge in [0.15, 0.2) is 6.10 Å². The third kappa shape index (κ3) is 3.32. The van der Waals surface area contributed by atoms with Gasteiger partial charge in [0, 0.05) is 42.8 Å². The number of carbonyl (C=O) groups is 1. The normalized spacial score (nSPS) is 27.9. The maximum atomic E-state index is 12.0. The van der Waals surface area contributed by atoms with Crippen molar-refractivity contribution in [2.75, 3.05) is 20.2 Å². The Balaban J connectivity index is 1.76. The van der Waals surface area contributed by atoms with Crippen LogP contribution in [0.5, 0.6) is 5.75 Å². The number of piperidine rings is 3. The van der Waals surface area contributed by atoms with Gasteiger partial charge in [-0.15, -0.1) is 6.58 Å².